The molecular formula is C14H21BrN4O2. The quantitative estimate of drug-likeness (QED) is 0.901. The van der Waals surface area contributed by atoms with Crippen molar-refractivity contribution in [2.24, 2.45) is 0 Å². The van der Waals surface area contributed by atoms with Crippen molar-refractivity contribution >= 4 is 28.0 Å². The number of hydrogen-bond donors (Lipinski definition) is 1. The van der Waals surface area contributed by atoms with Crippen LogP contribution >= 0.6 is 15.9 Å². The smallest absolute Gasteiger partial charge is 0.410 e. The van der Waals surface area contributed by atoms with E-state index in [-0.39, 0.29) is 12.1 Å². The molecule has 2 heterocycles. The van der Waals surface area contributed by atoms with Gasteiger partial charge in [0, 0.05) is 25.5 Å². The number of likely N-dealkylation sites (tertiary alicyclic amines) is 1. The summed E-state index contributed by atoms with van der Waals surface area (Å²) in [5.41, 5.74) is -0.466. The van der Waals surface area contributed by atoms with E-state index in [2.05, 4.69) is 31.2 Å². The number of rotatable bonds is 3. The highest BCUT2D eigenvalue weighted by molar-refractivity contribution is 9.10. The Hall–Kier alpha value is -1.37. The number of carbonyl (C=O) groups excluding carboxylic acids is 1. The summed E-state index contributed by atoms with van der Waals surface area (Å²) >= 11 is 3.30. The van der Waals surface area contributed by atoms with Gasteiger partial charge in [0.15, 0.2) is 0 Å². The monoisotopic (exact) mass is 356 g/mol. The molecule has 0 bridgehead atoms. The molecule has 1 amide bonds. The number of halogens is 1. The van der Waals surface area contributed by atoms with E-state index in [1.165, 1.54) is 0 Å². The van der Waals surface area contributed by atoms with Crippen molar-refractivity contribution < 1.29 is 9.53 Å². The van der Waals surface area contributed by atoms with Gasteiger partial charge in [-0.1, -0.05) is 0 Å². The SMILES string of the molecule is CC(C)(C)OC(=O)N1CCC[C@H]1CNc1ncc(Br)cn1. The average Bonchev–Trinajstić information content (AvgIpc) is 2.84. The maximum atomic E-state index is 12.2. The van der Waals surface area contributed by atoms with Crippen molar-refractivity contribution in [2.75, 3.05) is 18.4 Å². The fraction of sp³-hybridized carbons (Fsp3) is 0.643. The molecule has 1 fully saturated rings. The Bertz CT molecular complexity index is 487. The highest BCUT2D eigenvalue weighted by Crippen LogP contribution is 2.21. The first-order valence-corrected chi connectivity index (χ1v) is 7.85. The summed E-state index contributed by atoms with van der Waals surface area (Å²) in [6.07, 6.45) is 5.09. The Morgan fingerprint density at radius 2 is 2.14 bits per heavy atom. The van der Waals surface area contributed by atoms with Gasteiger partial charge in [-0.15, -0.1) is 0 Å². The Labute approximate surface area is 133 Å². The van der Waals surface area contributed by atoms with Crippen LogP contribution in [0.1, 0.15) is 33.6 Å². The zero-order chi connectivity index (χ0) is 15.5. The van der Waals surface area contributed by atoms with Gasteiger partial charge in [-0.05, 0) is 49.5 Å². The zero-order valence-electron chi connectivity index (χ0n) is 12.6. The molecule has 1 saturated heterocycles. The lowest BCUT2D eigenvalue weighted by Gasteiger charge is -2.28. The molecule has 0 spiro atoms. The van der Waals surface area contributed by atoms with Gasteiger partial charge in [0.05, 0.1) is 10.5 Å². The summed E-state index contributed by atoms with van der Waals surface area (Å²) in [6, 6.07) is 0.118. The van der Waals surface area contributed by atoms with Crippen molar-refractivity contribution in [1.82, 2.24) is 14.9 Å². The lowest BCUT2D eigenvalue weighted by atomic mass is 10.2. The summed E-state index contributed by atoms with van der Waals surface area (Å²) in [5.74, 6) is 0.564. The number of ether oxygens (including phenoxy) is 1. The fourth-order valence-corrected chi connectivity index (χ4v) is 2.43. The number of anilines is 1. The first-order chi connectivity index (χ1) is 9.85. The molecule has 0 aromatic carbocycles. The summed E-state index contributed by atoms with van der Waals surface area (Å²) in [6.45, 7) is 7.00. The van der Waals surface area contributed by atoms with E-state index >= 15 is 0 Å². The Kier molecular flexibility index (Phi) is 5.03. The van der Waals surface area contributed by atoms with Crippen LogP contribution in [0.5, 0.6) is 0 Å². The lowest BCUT2D eigenvalue weighted by molar-refractivity contribution is 0.0235. The minimum Gasteiger partial charge on any atom is -0.444 e. The molecule has 1 aliphatic heterocycles. The van der Waals surface area contributed by atoms with Gasteiger partial charge >= 0.3 is 6.09 Å². The van der Waals surface area contributed by atoms with Crippen molar-refractivity contribution in [3.63, 3.8) is 0 Å². The van der Waals surface area contributed by atoms with Gasteiger partial charge in [-0.25, -0.2) is 14.8 Å². The number of carbonyl (C=O) groups is 1. The molecule has 1 aromatic rings. The van der Waals surface area contributed by atoms with E-state index < -0.39 is 5.60 Å². The van der Waals surface area contributed by atoms with Crippen molar-refractivity contribution in [3.05, 3.63) is 16.9 Å². The van der Waals surface area contributed by atoms with Gasteiger partial charge in [0.2, 0.25) is 5.95 Å². The van der Waals surface area contributed by atoms with Crippen LogP contribution in [0.3, 0.4) is 0 Å². The van der Waals surface area contributed by atoms with Crippen LogP contribution in [0.25, 0.3) is 0 Å². The third-order valence-electron chi connectivity index (χ3n) is 3.12. The molecule has 0 unspecified atom stereocenters. The largest absolute Gasteiger partial charge is 0.444 e. The van der Waals surface area contributed by atoms with E-state index in [4.69, 9.17) is 4.74 Å². The molecule has 1 aliphatic rings. The second-order valence-electron chi connectivity index (χ2n) is 6.08. The normalized spacial score (nSPS) is 18.7. The lowest BCUT2D eigenvalue weighted by Crippen LogP contribution is -2.42. The highest BCUT2D eigenvalue weighted by Gasteiger charge is 2.31. The first-order valence-electron chi connectivity index (χ1n) is 7.06. The van der Waals surface area contributed by atoms with Crippen LogP contribution in [0, 0.1) is 0 Å². The van der Waals surface area contributed by atoms with Crippen LogP contribution in [-0.2, 0) is 4.74 Å². The minimum absolute atomic E-state index is 0.118. The summed E-state index contributed by atoms with van der Waals surface area (Å²) in [4.78, 5) is 22.3. The summed E-state index contributed by atoms with van der Waals surface area (Å²) in [5, 5.41) is 3.17. The molecule has 6 nitrogen and oxygen atoms in total. The highest BCUT2D eigenvalue weighted by atomic mass is 79.9. The predicted molar refractivity (Wildman–Crippen MR) is 84.2 cm³/mol. The van der Waals surface area contributed by atoms with Gasteiger partial charge in [-0.3, -0.25) is 0 Å². The van der Waals surface area contributed by atoms with Crippen LogP contribution in [0.15, 0.2) is 16.9 Å². The molecule has 1 atom stereocenters. The number of hydrogen-bond acceptors (Lipinski definition) is 5. The average molecular weight is 357 g/mol. The van der Waals surface area contributed by atoms with E-state index in [1.54, 1.807) is 17.3 Å². The maximum Gasteiger partial charge on any atom is 0.410 e. The standard InChI is InChI=1S/C14H21BrN4O2/c1-14(2,3)21-13(20)19-6-4-5-11(19)9-18-12-16-7-10(15)8-17-12/h7-8,11H,4-6,9H2,1-3H3,(H,16,17,18)/t11-/m0/s1. The summed E-state index contributed by atoms with van der Waals surface area (Å²) < 4.78 is 6.28. The first kappa shape index (κ1) is 16.0. The second kappa shape index (κ2) is 6.60. The van der Waals surface area contributed by atoms with Crippen LogP contribution in [0.4, 0.5) is 10.7 Å². The van der Waals surface area contributed by atoms with Crippen LogP contribution in [0.2, 0.25) is 0 Å². The number of nitrogens with one attached hydrogen (secondary N) is 1. The minimum atomic E-state index is -0.466. The molecule has 2 rings (SSSR count). The van der Waals surface area contributed by atoms with E-state index in [1.807, 2.05) is 20.8 Å². The molecule has 0 aliphatic carbocycles. The van der Waals surface area contributed by atoms with Gasteiger partial charge in [0.1, 0.15) is 5.60 Å². The third-order valence-corrected chi connectivity index (χ3v) is 3.53. The number of nitrogens with zero attached hydrogens (tertiary/aromatic N) is 3. The Balaban J connectivity index is 1.90. The Morgan fingerprint density at radius 1 is 1.48 bits per heavy atom. The third kappa shape index (κ3) is 4.84. The molecule has 7 heteroatoms. The van der Waals surface area contributed by atoms with Gasteiger partial charge in [-0.2, -0.15) is 0 Å². The van der Waals surface area contributed by atoms with E-state index in [0.29, 0.717) is 12.5 Å². The van der Waals surface area contributed by atoms with Crippen molar-refractivity contribution in [2.45, 2.75) is 45.3 Å². The van der Waals surface area contributed by atoms with Gasteiger partial charge < -0.3 is 15.0 Å². The molecule has 1 N–H and O–H groups in total. The van der Waals surface area contributed by atoms with Crippen LogP contribution in [-0.4, -0.2) is 45.7 Å². The molecule has 0 saturated carbocycles. The molecular weight excluding hydrogens is 336 g/mol. The Morgan fingerprint density at radius 3 is 2.76 bits per heavy atom. The van der Waals surface area contributed by atoms with Crippen molar-refractivity contribution in [1.29, 1.82) is 0 Å². The predicted octanol–water partition coefficient (Wildman–Crippen LogP) is 3.05. The van der Waals surface area contributed by atoms with Gasteiger partial charge in [0.25, 0.3) is 0 Å². The maximum absolute atomic E-state index is 12.2. The molecule has 1 aromatic heterocycles. The van der Waals surface area contributed by atoms with E-state index in [9.17, 15) is 4.79 Å². The number of aromatic nitrogens is 2. The van der Waals surface area contributed by atoms with Crippen LogP contribution < -0.4 is 5.32 Å². The summed E-state index contributed by atoms with van der Waals surface area (Å²) in [7, 11) is 0. The van der Waals surface area contributed by atoms with E-state index in [0.717, 1.165) is 23.9 Å². The van der Waals surface area contributed by atoms with Crippen molar-refractivity contribution in [3.8, 4) is 0 Å². The fourth-order valence-electron chi connectivity index (χ4n) is 2.22. The number of amides is 1. The second-order valence-corrected chi connectivity index (χ2v) is 6.99. The molecule has 0 radical (unpaired) electrons. The topological polar surface area (TPSA) is 67.3 Å². The molecule has 21 heavy (non-hydrogen) atoms. The molecule has 116 valence electrons. The zero-order valence-corrected chi connectivity index (χ0v) is 14.2.